The molecule has 0 saturated carbocycles. The van der Waals surface area contributed by atoms with Crippen molar-refractivity contribution in [2.75, 3.05) is 5.32 Å². The number of thiophene rings is 1. The first-order chi connectivity index (χ1) is 9.82. The van der Waals surface area contributed by atoms with Gasteiger partial charge in [0.25, 0.3) is 5.91 Å². The fourth-order valence-electron chi connectivity index (χ4n) is 1.85. The molecule has 0 saturated heterocycles. The largest absolute Gasteiger partial charge is 0.477 e. The molecular weight excluding hydrogens is 298 g/mol. The van der Waals surface area contributed by atoms with Gasteiger partial charge in [-0.1, -0.05) is 0 Å². The summed E-state index contributed by atoms with van der Waals surface area (Å²) in [5, 5.41) is 23.9. The number of nitrogens with one attached hydrogen (secondary N) is 1. The van der Waals surface area contributed by atoms with Crippen molar-refractivity contribution in [2.45, 2.75) is 6.92 Å². The van der Waals surface area contributed by atoms with Crippen LogP contribution < -0.4 is 5.32 Å². The molecule has 0 unspecified atom stereocenters. The molecule has 9 heteroatoms. The van der Waals surface area contributed by atoms with Gasteiger partial charge in [-0.15, -0.1) is 11.3 Å². The fraction of sp³-hybridized carbons (Fsp3) is 0.167. The molecule has 0 bridgehead atoms. The molecule has 0 aliphatic carbocycles. The van der Waals surface area contributed by atoms with Crippen molar-refractivity contribution < 1.29 is 19.6 Å². The van der Waals surface area contributed by atoms with Crippen molar-refractivity contribution in [1.82, 2.24) is 4.57 Å². The minimum Gasteiger partial charge on any atom is -0.477 e. The standard InChI is InChI=1S/C12H11N3O5S/c1-6-5-21-10(12(17)18)9(6)13-11(16)7-3-4-8(14(7)2)15(19)20/h3-5H,1-2H3,(H,13,16)(H,17,18). The van der Waals surface area contributed by atoms with Crippen molar-refractivity contribution in [3.8, 4) is 0 Å². The SMILES string of the molecule is Cc1csc(C(=O)O)c1NC(=O)c1ccc([N+](=O)[O-])n1C. The Hall–Kier alpha value is -2.68. The second-order valence-corrected chi connectivity index (χ2v) is 5.15. The highest BCUT2D eigenvalue weighted by molar-refractivity contribution is 7.12. The van der Waals surface area contributed by atoms with Gasteiger partial charge in [-0.05, 0) is 28.9 Å². The molecule has 21 heavy (non-hydrogen) atoms. The minimum absolute atomic E-state index is 0.0181. The van der Waals surface area contributed by atoms with Crippen LogP contribution in [-0.4, -0.2) is 26.5 Å². The van der Waals surface area contributed by atoms with Crippen LogP contribution in [0.1, 0.15) is 25.7 Å². The molecule has 2 aromatic rings. The van der Waals surface area contributed by atoms with Crippen molar-refractivity contribution >= 4 is 34.7 Å². The topological polar surface area (TPSA) is 114 Å². The van der Waals surface area contributed by atoms with Gasteiger partial charge in [0, 0.05) is 6.07 Å². The van der Waals surface area contributed by atoms with Gasteiger partial charge in [-0.25, -0.2) is 9.36 Å². The van der Waals surface area contributed by atoms with E-state index in [2.05, 4.69) is 5.32 Å². The first-order valence-electron chi connectivity index (χ1n) is 5.75. The van der Waals surface area contributed by atoms with Gasteiger partial charge in [-0.2, -0.15) is 0 Å². The number of aromatic carboxylic acids is 1. The highest BCUT2D eigenvalue weighted by Gasteiger charge is 2.23. The summed E-state index contributed by atoms with van der Waals surface area (Å²) in [6.07, 6.45) is 0. The van der Waals surface area contributed by atoms with Crippen LogP contribution in [0.15, 0.2) is 17.5 Å². The van der Waals surface area contributed by atoms with Crippen LogP contribution in [-0.2, 0) is 7.05 Å². The summed E-state index contributed by atoms with van der Waals surface area (Å²) in [5.41, 5.74) is 0.902. The molecule has 0 spiro atoms. The third-order valence-corrected chi connectivity index (χ3v) is 4.01. The number of aryl methyl sites for hydroxylation is 1. The molecule has 8 nitrogen and oxygen atoms in total. The molecule has 2 aromatic heterocycles. The predicted octanol–water partition coefficient (Wildman–Crippen LogP) is 2.25. The molecule has 0 aliphatic rings. The van der Waals surface area contributed by atoms with Crippen molar-refractivity contribution in [1.29, 1.82) is 0 Å². The van der Waals surface area contributed by atoms with E-state index in [1.807, 2.05) is 0 Å². The van der Waals surface area contributed by atoms with Crippen molar-refractivity contribution in [3.63, 3.8) is 0 Å². The lowest BCUT2D eigenvalue weighted by molar-refractivity contribution is -0.391. The van der Waals surface area contributed by atoms with E-state index in [9.17, 15) is 19.7 Å². The van der Waals surface area contributed by atoms with Gasteiger partial charge in [-0.3, -0.25) is 4.79 Å². The molecular formula is C12H11N3O5S. The smallest absolute Gasteiger partial charge is 0.348 e. The van der Waals surface area contributed by atoms with Crippen LogP contribution in [0.25, 0.3) is 0 Å². The Labute approximate surface area is 122 Å². The Bertz CT molecular complexity index is 746. The lowest BCUT2D eigenvalue weighted by Gasteiger charge is -2.05. The van der Waals surface area contributed by atoms with E-state index >= 15 is 0 Å². The molecule has 110 valence electrons. The maximum absolute atomic E-state index is 12.2. The van der Waals surface area contributed by atoms with Gasteiger partial charge < -0.3 is 20.5 Å². The average Bonchev–Trinajstić information content (AvgIpc) is 2.94. The fourth-order valence-corrected chi connectivity index (χ4v) is 2.69. The average molecular weight is 309 g/mol. The molecule has 0 radical (unpaired) electrons. The van der Waals surface area contributed by atoms with Gasteiger partial charge in [0.1, 0.15) is 4.88 Å². The number of carbonyl (C=O) groups is 2. The van der Waals surface area contributed by atoms with Gasteiger partial charge in [0.05, 0.1) is 12.7 Å². The number of hydrogen-bond acceptors (Lipinski definition) is 5. The molecule has 0 aromatic carbocycles. The number of rotatable bonds is 4. The number of carbonyl (C=O) groups excluding carboxylic acids is 1. The summed E-state index contributed by atoms with van der Waals surface area (Å²) in [4.78, 5) is 33.4. The van der Waals surface area contributed by atoms with E-state index in [0.717, 1.165) is 15.9 Å². The van der Waals surface area contributed by atoms with E-state index in [4.69, 9.17) is 5.11 Å². The maximum Gasteiger partial charge on any atom is 0.348 e. The summed E-state index contributed by atoms with van der Waals surface area (Å²) in [5.74, 6) is -1.96. The van der Waals surface area contributed by atoms with Crippen LogP contribution in [0.2, 0.25) is 0 Å². The molecule has 2 heterocycles. The van der Waals surface area contributed by atoms with Gasteiger partial charge in [0.2, 0.25) is 0 Å². The van der Waals surface area contributed by atoms with Crippen LogP contribution >= 0.6 is 11.3 Å². The van der Waals surface area contributed by atoms with Crippen molar-refractivity contribution in [3.05, 3.63) is 43.8 Å². The number of anilines is 1. The van der Waals surface area contributed by atoms with E-state index in [-0.39, 0.29) is 22.1 Å². The zero-order chi connectivity index (χ0) is 15.7. The zero-order valence-electron chi connectivity index (χ0n) is 11.1. The second-order valence-electron chi connectivity index (χ2n) is 4.28. The lowest BCUT2D eigenvalue weighted by Crippen LogP contribution is -2.17. The van der Waals surface area contributed by atoms with E-state index in [1.54, 1.807) is 12.3 Å². The Morgan fingerprint density at radius 2 is 2.10 bits per heavy atom. The normalized spacial score (nSPS) is 10.4. The third-order valence-electron chi connectivity index (χ3n) is 2.92. The number of carboxylic acid groups (broad SMARTS) is 1. The molecule has 2 rings (SSSR count). The van der Waals surface area contributed by atoms with E-state index < -0.39 is 16.8 Å². The molecule has 0 aliphatic heterocycles. The third kappa shape index (κ3) is 2.63. The Morgan fingerprint density at radius 1 is 1.43 bits per heavy atom. The Balaban J connectivity index is 2.33. The summed E-state index contributed by atoms with van der Waals surface area (Å²) in [7, 11) is 1.39. The lowest BCUT2D eigenvalue weighted by atomic mass is 10.2. The van der Waals surface area contributed by atoms with Crippen LogP contribution in [0.5, 0.6) is 0 Å². The summed E-state index contributed by atoms with van der Waals surface area (Å²) in [6, 6.07) is 2.53. The quantitative estimate of drug-likeness (QED) is 0.664. The number of hydrogen-bond donors (Lipinski definition) is 2. The molecule has 0 fully saturated rings. The first kappa shape index (κ1) is 14.7. The van der Waals surface area contributed by atoms with E-state index in [1.165, 1.54) is 19.2 Å². The Kier molecular flexibility index (Phi) is 3.76. The number of nitrogens with zero attached hydrogens (tertiary/aromatic N) is 2. The van der Waals surface area contributed by atoms with Gasteiger partial charge >= 0.3 is 11.8 Å². The van der Waals surface area contributed by atoms with Crippen molar-refractivity contribution in [2.24, 2.45) is 7.05 Å². The number of amides is 1. The number of aromatic nitrogens is 1. The molecule has 2 N–H and O–H groups in total. The first-order valence-corrected chi connectivity index (χ1v) is 6.63. The number of nitro groups is 1. The second kappa shape index (κ2) is 5.37. The predicted molar refractivity (Wildman–Crippen MR) is 76.0 cm³/mol. The van der Waals surface area contributed by atoms with Gasteiger partial charge in [0.15, 0.2) is 5.69 Å². The minimum atomic E-state index is -1.14. The summed E-state index contributed by atoms with van der Waals surface area (Å²) < 4.78 is 1.14. The monoisotopic (exact) mass is 309 g/mol. The summed E-state index contributed by atoms with van der Waals surface area (Å²) in [6.45, 7) is 1.67. The highest BCUT2D eigenvalue weighted by atomic mass is 32.1. The zero-order valence-corrected chi connectivity index (χ0v) is 11.9. The Morgan fingerprint density at radius 3 is 2.62 bits per heavy atom. The highest BCUT2D eigenvalue weighted by Crippen LogP contribution is 2.28. The molecule has 0 atom stereocenters. The van der Waals surface area contributed by atoms with Crippen LogP contribution in [0.3, 0.4) is 0 Å². The van der Waals surface area contributed by atoms with E-state index in [0.29, 0.717) is 5.56 Å². The van der Waals surface area contributed by atoms with Crippen LogP contribution in [0, 0.1) is 17.0 Å². The maximum atomic E-state index is 12.2. The number of carboxylic acids is 1. The summed E-state index contributed by atoms with van der Waals surface area (Å²) >= 11 is 1.01. The molecule has 1 amide bonds. The van der Waals surface area contributed by atoms with Crippen LogP contribution in [0.4, 0.5) is 11.5 Å².